The summed E-state index contributed by atoms with van der Waals surface area (Å²) < 4.78 is 0. The van der Waals surface area contributed by atoms with Gasteiger partial charge < -0.3 is 30.8 Å². The van der Waals surface area contributed by atoms with Crippen molar-refractivity contribution in [1.29, 1.82) is 0 Å². The minimum atomic E-state index is -1.25. The Morgan fingerprint density at radius 1 is 1.14 bits per heavy atom. The number of aliphatic hydroxyl groups is 4. The first-order valence-corrected chi connectivity index (χ1v) is 8.64. The zero-order valence-electron chi connectivity index (χ0n) is 12.3. The minimum Gasteiger partial charge on any atom is -0.480 e. The van der Waals surface area contributed by atoms with Gasteiger partial charge in [0.25, 0.3) is 0 Å². The van der Waals surface area contributed by atoms with E-state index in [9.17, 15) is 25.2 Å². The van der Waals surface area contributed by atoms with Gasteiger partial charge in [0, 0.05) is 11.3 Å². The Balaban J connectivity index is 1.98. The maximum absolute atomic E-state index is 10.6. The van der Waals surface area contributed by atoms with Crippen LogP contribution in [0.15, 0.2) is 0 Å². The largest absolute Gasteiger partial charge is 0.480 e. The number of aliphatic carboxylic acids is 1. The summed E-state index contributed by atoms with van der Waals surface area (Å²) >= 11 is 1.33. The Hall–Kier alpha value is -0.380. The van der Waals surface area contributed by atoms with Gasteiger partial charge in [-0.1, -0.05) is 6.42 Å². The predicted molar refractivity (Wildman–Crippen MR) is 81.7 cm³/mol. The van der Waals surface area contributed by atoms with Crippen molar-refractivity contribution in [3.8, 4) is 0 Å². The Morgan fingerprint density at radius 3 is 2.50 bits per heavy atom. The SMILES string of the molecule is O=C(O)CNC1CCCC([C@@H]2S[C@H](CO)[C@H](O)[C@H](O)[C@H]2O)C1. The zero-order chi connectivity index (χ0) is 16.3. The molecule has 1 saturated heterocycles. The third kappa shape index (κ3) is 4.12. The molecule has 7 atom stereocenters. The number of thioether (sulfide) groups is 1. The molecule has 0 radical (unpaired) electrons. The standard InChI is InChI=1S/C14H25NO6S/c16-6-9-11(19)12(20)13(21)14(22-9)7-2-1-3-8(4-7)15-5-10(17)18/h7-9,11-16,19-21H,1-6H2,(H,17,18)/t7?,8?,9-,11+,12+,13-,14+/m1/s1. The second kappa shape index (κ2) is 7.94. The molecule has 128 valence electrons. The third-order valence-corrected chi connectivity index (χ3v) is 6.41. The molecular formula is C14H25NO6S. The summed E-state index contributed by atoms with van der Waals surface area (Å²) in [6.45, 7) is -0.335. The lowest BCUT2D eigenvalue weighted by Crippen LogP contribution is -2.56. The Labute approximate surface area is 133 Å². The van der Waals surface area contributed by atoms with Crippen molar-refractivity contribution in [3.05, 3.63) is 0 Å². The predicted octanol–water partition coefficient (Wildman–Crippen LogP) is -1.22. The number of hydrogen-bond acceptors (Lipinski definition) is 7. The maximum atomic E-state index is 10.6. The number of hydrogen-bond donors (Lipinski definition) is 6. The molecule has 22 heavy (non-hydrogen) atoms. The average molecular weight is 335 g/mol. The second-order valence-electron chi connectivity index (χ2n) is 6.19. The zero-order valence-corrected chi connectivity index (χ0v) is 13.2. The van der Waals surface area contributed by atoms with E-state index < -0.39 is 29.5 Å². The monoisotopic (exact) mass is 335 g/mol. The van der Waals surface area contributed by atoms with E-state index in [2.05, 4.69) is 5.32 Å². The van der Waals surface area contributed by atoms with Gasteiger partial charge in [-0.05, 0) is 25.2 Å². The molecule has 0 aromatic rings. The van der Waals surface area contributed by atoms with Crippen molar-refractivity contribution in [2.75, 3.05) is 13.2 Å². The number of nitrogens with one attached hydrogen (secondary N) is 1. The summed E-state index contributed by atoms with van der Waals surface area (Å²) in [5.41, 5.74) is 0. The molecule has 2 fully saturated rings. The van der Waals surface area contributed by atoms with Crippen molar-refractivity contribution in [3.63, 3.8) is 0 Å². The minimum absolute atomic E-state index is 0.0826. The lowest BCUT2D eigenvalue weighted by Gasteiger charge is -2.44. The van der Waals surface area contributed by atoms with Crippen LogP contribution in [-0.2, 0) is 4.79 Å². The molecule has 1 aliphatic carbocycles. The molecule has 1 aliphatic heterocycles. The molecule has 1 saturated carbocycles. The van der Waals surface area contributed by atoms with Crippen molar-refractivity contribution in [2.24, 2.45) is 5.92 Å². The maximum Gasteiger partial charge on any atom is 0.317 e. The molecule has 8 heteroatoms. The van der Waals surface area contributed by atoms with Gasteiger partial charge >= 0.3 is 5.97 Å². The summed E-state index contributed by atoms with van der Waals surface area (Å²) in [6.07, 6.45) is 0.0109. The van der Waals surface area contributed by atoms with E-state index in [0.29, 0.717) is 0 Å². The lowest BCUT2D eigenvalue weighted by molar-refractivity contribution is -0.136. The third-order valence-electron chi connectivity index (χ3n) is 4.65. The molecule has 7 nitrogen and oxygen atoms in total. The van der Waals surface area contributed by atoms with Crippen LogP contribution in [0.2, 0.25) is 0 Å². The van der Waals surface area contributed by atoms with Gasteiger partial charge in [0.05, 0.1) is 30.6 Å². The number of carbonyl (C=O) groups is 1. The van der Waals surface area contributed by atoms with Crippen LogP contribution >= 0.6 is 11.8 Å². The molecule has 2 rings (SSSR count). The van der Waals surface area contributed by atoms with Crippen LogP contribution in [0.5, 0.6) is 0 Å². The fourth-order valence-corrected chi connectivity index (χ4v) is 5.07. The van der Waals surface area contributed by atoms with E-state index >= 15 is 0 Å². The highest BCUT2D eigenvalue weighted by Crippen LogP contribution is 2.41. The molecule has 0 amide bonds. The molecule has 6 N–H and O–H groups in total. The van der Waals surface area contributed by atoms with Gasteiger partial charge in [-0.25, -0.2) is 0 Å². The van der Waals surface area contributed by atoms with Gasteiger partial charge in [0.1, 0.15) is 6.10 Å². The summed E-state index contributed by atoms with van der Waals surface area (Å²) in [6, 6.07) is 0.0826. The van der Waals surface area contributed by atoms with E-state index in [-0.39, 0.29) is 30.4 Å². The molecule has 1 heterocycles. The topological polar surface area (TPSA) is 130 Å². The normalized spacial score (nSPS) is 43.0. The highest BCUT2D eigenvalue weighted by atomic mass is 32.2. The van der Waals surface area contributed by atoms with Gasteiger partial charge in [-0.2, -0.15) is 0 Å². The fraction of sp³-hybridized carbons (Fsp3) is 0.929. The smallest absolute Gasteiger partial charge is 0.317 e. The van der Waals surface area contributed by atoms with Gasteiger partial charge in [0.15, 0.2) is 0 Å². The van der Waals surface area contributed by atoms with Gasteiger partial charge in [-0.3, -0.25) is 4.79 Å². The van der Waals surface area contributed by atoms with Gasteiger partial charge in [-0.15, -0.1) is 11.8 Å². The van der Waals surface area contributed by atoms with Crippen LogP contribution in [0, 0.1) is 5.92 Å². The number of rotatable bonds is 5. The highest BCUT2D eigenvalue weighted by Gasteiger charge is 2.46. The number of carboxylic acid groups (broad SMARTS) is 1. The molecule has 2 unspecified atom stereocenters. The first-order valence-electron chi connectivity index (χ1n) is 7.69. The van der Waals surface area contributed by atoms with Crippen LogP contribution in [0.25, 0.3) is 0 Å². The first kappa shape index (κ1) is 18.0. The van der Waals surface area contributed by atoms with E-state index in [1.54, 1.807) is 0 Å². The van der Waals surface area contributed by atoms with Crippen molar-refractivity contribution in [1.82, 2.24) is 5.32 Å². The van der Waals surface area contributed by atoms with Crippen LogP contribution in [0.4, 0.5) is 0 Å². The first-order chi connectivity index (χ1) is 10.4. The summed E-state index contributed by atoms with van der Waals surface area (Å²) in [4.78, 5) is 10.6. The summed E-state index contributed by atoms with van der Waals surface area (Å²) in [5.74, 6) is -0.774. The van der Waals surface area contributed by atoms with E-state index in [0.717, 1.165) is 25.7 Å². The van der Waals surface area contributed by atoms with Crippen LogP contribution < -0.4 is 5.32 Å². The molecule has 0 bridgehead atoms. The molecule has 2 aliphatic rings. The average Bonchev–Trinajstić information content (AvgIpc) is 2.51. The molecule has 0 spiro atoms. The van der Waals surface area contributed by atoms with E-state index in [1.165, 1.54) is 11.8 Å². The van der Waals surface area contributed by atoms with Crippen molar-refractivity contribution in [2.45, 2.75) is 60.5 Å². The summed E-state index contributed by atoms with van der Waals surface area (Å²) in [5, 5.41) is 50.4. The van der Waals surface area contributed by atoms with E-state index in [1.807, 2.05) is 0 Å². The van der Waals surface area contributed by atoms with Crippen LogP contribution in [-0.4, -0.2) is 79.5 Å². The Morgan fingerprint density at radius 2 is 1.86 bits per heavy atom. The summed E-state index contributed by atoms with van der Waals surface area (Å²) in [7, 11) is 0. The Kier molecular flexibility index (Phi) is 6.48. The highest BCUT2D eigenvalue weighted by molar-refractivity contribution is 8.00. The van der Waals surface area contributed by atoms with Crippen molar-refractivity contribution >= 4 is 17.7 Å². The fourth-order valence-electron chi connectivity index (χ4n) is 3.46. The molecule has 0 aromatic carbocycles. The number of carboxylic acids is 1. The lowest BCUT2D eigenvalue weighted by atomic mass is 9.80. The van der Waals surface area contributed by atoms with Crippen LogP contribution in [0.1, 0.15) is 25.7 Å². The quantitative estimate of drug-likeness (QED) is 0.369. The van der Waals surface area contributed by atoms with E-state index in [4.69, 9.17) is 5.11 Å². The van der Waals surface area contributed by atoms with Crippen LogP contribution in [0.3, 0.4) is 0 Å². The second-order valence-corrected chi connectivity index (χ2v) is 7.61. The Bertz CT molecular complexity index is 382. The van der Waals surface area contributed by atoms with Gasteiger partial charge in [0.2, 0.25) is 0 Å². The van der Waals surface area contributed by atoms with Crippen molar-refractivity contribution < 1.29 is 30.3 Å². The molecule has 0 aromatic heterocycles. The number of aliphatic hydroxyl groups excluding tert-OH is 4. The molecular weight excluding hydrogens is 310 g/mol.